The van der Waals surface area contributed by atoms with Crippen LogP contribution >= 0.6 is 11.8 Å². The summed E-state index contributed by atoms with van der Waals surface area (Å²) in [6.07, 6.45) is 4.97. The van der Waals surface area contributed by atoms with Gasteiger partial charge in [-0.2, -0.15) is 11.8 Å². The zero-order valence-electron chi connectivity index (χ0n) is 12.7. The number of carbonyl (C=O) groups is 1. The molecule has 2 unspecified atom stereocenters. The monoisotopic (exact) mass is 301 g/mol. The Morgan fingerprint density at radius 3 is 2.75 bits per heavy atom. The van der Waals surface area contributed by atoms with Gasteiger partial charge in [0.25, 0.3) is 0 Å². The SMILES string of the molecule is CCNC(CSCC1CCCO1)(C(=O)OCC)C1CC1. The molecule has 2 rings (SSSR count). The fraction of sp³-hybridized carbons (Fsp3) is 0.933. The van der Waals surface area contributed by atoms with E-state index in [1.165, 1.54) is 6.42 Å². The van der Waals surface area contributed by atoms with Gasteiger partial charge in [0.05, 0.1) is 12.7 Å². The van der Waals surface area contributed by atoms with Gasteiger partial charge in [-0.25, -0.2) is 0 Å². The largest absolute Gasteiger partial charge is 0.465 e. The lowest BCUT2D eigenvalue weighted by molar-refractivity contribution is -0.151. The Balaban J connectivity index is 1.91. The molecule has 1 N–H and O–H groups in total. The Bertz CT molecular complexity index is 316. The summed E-state index contributed by atoms with van der Waals surface area (Å²) in [7, 11) is 0. The Hall–Kier alpha value is -0.260. The van der Waals surface area contributed by atoms with Crippen molar-refractivity contribution in [2.45, 2.75) is 51.2 Å². The molecule has 1 aliphatic carbocycles. The van der Waals surface area contributed by atoms with Crippen LogP contribution in [0.15, 0.2) is 0 Å². The summed E-state index contributed by atoms with van der Waals surface area (Å²) in [6, 6.07) is 0. The van der Waals surface area contributed by atoms with Gasteiger partial charge in [-0.1, -0.05) is 6.92 Å². The highest BCUT2D eigenvalue weighted by atomic mass is 32.2. The minimum Gasteiger partial charge on any atom is -0.465 e. The Labute approximate surface area is 126 Å². The van der Waals surface area contributed by atoms with Gasteiger partial charge in [-0.3, -0.25) is 4.79 Å². The predicted octanol–water partition coefficient (Wildman–Crippen LogP) is 2.22. The van der Waals surface area contributed by atoms with E-state index in [4.69, 9.17) is 9.47 Å². The second-order valence-corrected chi connectivity index (χ2v) is 6.68. The fourth-order valence-corrected chi connectivity index (χ4v) is 4.31. The summed E-state index contributed by atoms with van der Waals surface area (Å²) in [5.41, 5.74) is -0.478. The molecule has 1 aliphatic heterocycles. The van der Waals surface area contributed by atoms with Crippen molar-refractivity contribution < 1.29 is 14.3 Å². The summed E-state index contributed by atoms with van der Waals surface area (Å²) in [5.74, 6) is 2.16. The van der Waals surface area contributed by atoms with Gasteiger partial charge in [-0.05, 0) is 45.1 Å². The Morgan fingerprint density at radius 1 is 1.40 bits per heavy atom. The third-order valence-corrected chi connectivity index (χ3v) is 5.33. The first-order chi connectivity index (χ1) is 9.73. The van der Waals surface area contributed by atoms with Crippen LogP contribution in [0.1, 0.15) is 39.5 Å². The molecule has 1 heterocycles. The van der Waals surface area contributed by atoms with Gasteiger partial charge in [-0.15, -0.1) is 0 Å². The lowest BCUT2D eigenvalue weighted by Crippen LogP contribution is -2.57. The summed E-state index contributed by atoms with van der Waals surface area (Å²) in [5, 5.41) is 3.43. The highest BCUT2D eigenvalue weighted by molar-refractivity contribution is 7.99. The van der Waals surface area contributed by atoms with E-state index in [9.17, 15) is 4.79 Å². The quantitative estimate of drug-likeness (QED) is 0.662. The maximum absolute atomic E-state index is 12.4. The number of hydrogen-bond acceptors (Lipinski definition) is 5. The number of likely N-dealkylation sites (N-methyl/N-ethyl adjacent to an activating group) is 1. The first-order valence-corrected chi connectivity index (χ1v) is 9.00. The highest BCUT2D eigenvalue weighted by Gasteiger charge is 2.51. The van der Waals surface area contributed by atoms with Gasteiger partial charge in [0.1, 0.15) is 5.54 Å². The maximum Gasteiger partial charge on any atom is 0.327 e. The molecule has 4 nitrogen and oxygen atoms in total. The molecule has 20 heavy (non-hydrogen) atoms. The van der Waals surface area contributed by atoms with E-state index in [2.05, 4.69) is 12.2 Å². The van der Waals surface area contributed by atoms with Crippen LogP contribution in [0.3, 0.4) is 0 Å². The predicted molar refractivity (Wildman–Crippen MR) is 82.1 cm³/mol. The van der Waals surface area contributed by atoms with Crippen LogP contribution in [0, 0.1) is 5.92 Å². The van der Waals surface area contributed by atoms with Gasteiger partial charge in [0, 0.05) is 18.1 Å². The molecule has 0 aromatic heterocycles. The zero-order chi connectivity index (χ0) is 14.4. The minimum absolute atomic E-state index is 0.0656. The molecule has 2 atom stereocenters. The van der Waals surface area contributed by atoms with Crippen molar-refractivity contribution in [1.82, 2.24) is 5.32 Å². The van der Waals surface area contributed by atoms with Crippen LogP contribution in [0.5, 0.6) is 0 Å². The van der Waals surface area contributed by atoms with Gasteiger partial charge < -0.3 is 14.8 Å². The van der Waals surface area contributed by atoms with Gasteiger partial charge >= 0.3 is 5.97 Å². The molecule has 2 aliphatic rings. The van der Waals surface area contributed by atoms with Crippen LogP contribution in [0.25, 0.3) is 0 Å². The number of ether oxygens (including phenoxy) is 2. The van der Waals surface area contributed by atoms with Gasteiger partial charge in [0.2, 0.25) is 0 Å². The third-order valence-electron chi connectivity index (χ3n) is 4.06. The molecule has 2 fully saturated rings. The van der Waals surface area contributed by atoms with E-state index < -0.39 is 5.54 Å². The van der Waals surface area contributed by atoms with E-state index in [1.807, 2.05) is 18.7 Å². The number of esters is 1. The smallest absolute Gasteiger partial charge is 0.327 e. The Kier molecular flexibility index (Phi) is 6.18. The van der Waals surface area contributed by atoms with Crippen molar-refractivity contribution in [3.8, 4) is 0 Å². The topological polar surface area (TPSA) is 47.6 Å². The molecule has 1 saturated heterocycles. The minimum atomic E-state index is -0.478. The second kappa shape index (κ2) is 7.66. The number of hydrogen-bond donors (Lipinski definition) is 1. The van der Waals surface area contributed by atoms with E-state index in [0.29, 0.717) is 18.6 Å². The molecular weight excluding hydrogens is 274 g/mol. The molecule has 116 valence electrons. The van der Waals surface area contributed by atoms with Crippen LogP contribution in [-0.4, -0.2) is 48.9 Å². The lowest BCUT2D eigenvalue weighted by atomic mass is 9.95. The molecule has 1 saturated carbocycles. The summed E-state index contributed by atoms with van der Waals surface area (Å²) < 4.78 is 11.0. The highest BCUT2D eigenvalue weighted by Crippen LogP contribution is 2.42. The number of rotatable bonds is 9. The summed E-state index contributed by atoms with van der Waals surface area (Å²) >= 11 is 1.83. The molecule has 5 heteroatoms. The van der Waals surface area contributed by atoms with E-state index in [-0.39, 0.29) is 5.97 Å². The fourth-order valence-electron chi connectivity index (χ4n) is 2.89. The first-order valence-electron chi connectivity index (χ1n) is 7.84. The molecule has 0 amide bonds. The molecule has 0 bridgehead atoms. The van der Waals surface area contributed by atoms with Crippen LogP contribution in [0.4, 0.5) is 0 Å². The number of nitrogens with one attached hydrogen (secondary N) is 1. The van der Waals surface area contributed by atoms with Crippen molar-refractivity contribution >= 4 is 17.7 Å². The van der Waals surface area contributed by atoms with E-state index in [1.54, 1.807) is 0 Å². The third kappa shape index (κ3) is 3.89. The standard InChI is InChI=1S/C15H27NO3S/c1-3-16-15(12-7-8-12,14(17)18-4-2)11-20-10-13-6-5-9-19-13/h12-13,16H,3-11H2,1-2H3. The van der Waals surface area contributed by atoms with Crippen molar-refractivity contribution in [2.24, 2.45) is 5.92 Å². The normalized spacial score (nSPS) is 25.4. The molecular formula is C15H27NO3S. The first kappa shape index (κ1) is 16.1. The average Bonchev–Trinajstić information content (AvgIpc) is 3.16. The van der Waals surface area contributed by atoms with Crippen LogP contribution < -0.4 is 5.32 Å². The molecule has 0 aromatic carbocycles. The zero-order valence-corrected chi connectivity index (χ0v) is 13.5. The molecule has 0 radical (unpaired) electrons. The van der Waals surface area contributed by atoms with Crippen molar-refractivity contribution in [1.29, 1.82) is 0 Å². The number of thioether (sulfide) groups is 1. The maximum atomic E-state index is 12.4. The van der Waals surface area contributed by atoms with Crippen LogP contribution in [-0.2, 0) is 14.3 Å². The molecule has 0 spiro atoms. The van der Waals surface area contributed by atoms with Gasteiger partial charge in [0.15, 0.2) is 0 Å². The number of carbonyl (C=O) groups excluding carboxylic acids is 1. The van der Waals surface area contributed by atoms with Crippen molar-refractivity contribution in [2.75, 3.05) is 31.3 Å². The van der Waals surface area contributed by atoms with Crippen molar-refractivity contribution in [3.63, 3.8) is 0 Å². The van der Waals surface area contributed by atoms with Crippen molar-refractivity contribution in [3.05, 3.63) is 0 Å². The van der Waals surface area contributed by atoms with Crippen LogP contribution in [0.2, 0.25) is 0 Å². The Morgan fingerprint density at radius 2 is 2.20 bits per heavy atom. The van der Waals surface area contributed by atoms with E-state index in [0.717, 1.165) is 43.9 Å². The second-order valence-electron chi connectivity index (χ2n) is 5.65. The summed E-state index contributed by atoms with van der Waals surface area (Å²) in [4.78, 5) is 12.4. The lowest BCUT2D eigenvalue weighted by Gasteiger charge is -2.32. The average molecular weight is 301 g/mol. The molecule has 0 aromatic rings. The van der Waals surface area contributed by atoms with E-state index >= 15 is 0 Å². The summed E-state index contributed by atoms with van der Waals surface area (Å²) in [6.45, 7) is 6.08.